The smallest absolute Gasteiger partial charge is 0.253 e. The molecule has 1 N–H and O–H groups in total. The van der Waals surface area contributed by atoms with Crippen molar-refractivity contribution in [2.45, 2.75) is 26.3 Å². The number of nitrogens with zero attached hydrogens (tertiary/aromatic N) is 3. The van der Waals surface area contributed by atoms with Gasteiger partial charge in [-0.15, -0.1) is 0 Å². The number of piperazine rings is 1. The van der Waals surface area contributed by atoms with Gasteiger partial charge in [0.25, 0.3) is 5.91 Å². The van der Waals surface area contributed by atoms with Crippen molar-refractivity contribution in [3.8, 4) is 0 Å². The maximum Gasteiger partial charge on any atom is 0.253 e. The Morgan fingerprint density at radius 2 is 1.82 bits per heavy atom. The fraction of sp³-hybridized carbons (Fsp3) is 0.391. The monoisotopic (exact) mass is 378 g/mol. The van der Waals surface area contributed by atoms with E-state index in [1.165, 1.54) is 5.56 Å². The first-order valence-electron chi connectivity index (χ1n) is 9.87. The molecule has 2 aromatic rings. The first kappa shape index (κ1) is 20.1. The molecule has 2 heterocycles. The Morgan fingerprint density at radius 3 is 2.50 bits per heavy atom. The van der Waals surface area contributed by atoms with Crippen LogP contribution in [0.1, 0.15) is 36.7 Å². The number of carbonyl (C=O) groups excluding carboxylic acids is 1. The van der Waals surface area contributed by atoms with Crippen molar-refractivity contribution in [3.63, 3.8) is 0 Å². The Bertz CT molecular complexity index is 803. The first-order chi connectivity index (χ1) is 13.4. The number of pyridine rings is 1. The highest BCUT2D eigenvalue weighted by molar-refractivity contribution is 5.95. The summed E-state index contributed by atoms with van der Waals surface area (Å²) < 4.78 is 0. The van der Waals surface area contributed by atoms with Crippen molar-refractivity contribution >= 4 is 17.7 Å². The number of hydrogen-bond acceptors (Lipinski definition) is 4. The predicted octanol–water partition coefficient (Wildman–Crippen LogP) is 3.45. The summed E-state index contributed by atoms with van der Waals surface area (Å²) in [4.78, 5) is 21.4. The van der Waals surface area contributed by atoms with E-state index in [1.807, 2.05) is 39.1 Å². The van der Waals surface area contributed by atoms with Crippen LogP contribution in [0.4, 0.5) is 5.69 Å². The lowest BCUT2D eigenvalue weighted by atomic mass is 10.1. The lowest BCUT2D eigenvalue weighted by Crippen LogP contribution is -2.46. The zero-order valence-corrected chi connectivity index (χ0v) is 17.1. The molecule has 0 bridgehead atoms. The van der Waals surface area contributed by atoms with Crippen molar-refractivity contribution in [2.75, 3.05) is 37.6 Å². The molecule has 0 aliphatic carbocycles. The number of hydrogen-bond donors (Lipinski definition) is 1. The average Bonchev–Trinajstić information content (AvgIpc) is 2.68. The quantitative estimate of drug-likeness (QED) is 0.866. The van der Waals surface area contributed by atoms with Gasteiger partial charge in [0.1, 0.15) is 0 Å². The van der Waals surface area contributed by atoms with Gasteiger partial charge < -0.3 is 10.2 Å². The number of benzene rings is 1. The molecule has 0 radical (unpaired) electrons. The SMILES string of the molecule is CC(C)(C)NC(=O)c1cncc(N2CCN(C/C=C/c3ccccc3)CC2)c1. The maximum atomic E-state index is 12.4. The second kappa shape index (κ2) is 9.02. The summed E-state index contributed by atoms with van der Waals surface area (Å²) in [5.41, 5.74) is 2.60. The Hall–Kier alpha value is -2.66. The molecule has 0 spiro atoms. The van der Waals surface area contributed by atoms with Gasteiger partial charge in [0.15, 0.2) is 0 Å². The van der Waals surface area contributed by atoms with Gasteiger partial charge in [0.2, 0.25) is 0 Å². The number of rotatable bonds is 5. The maximum absolute atomic E-state index is 12.4. The summed E-state index contributed by atoms with van der Waals surface area (Å²) >= 11 is 0. The zero-order valence-electron chi connectivity index (χ0n) is 17.1. The van der Waals surface area contributed by atoms with E-state index in [1.54, 1.807) is 6.20 Å². The predicted molar refractivity (Wildman–Crippen MR) is 116 cm³/mol. The van der Waals surface area contributed by atoms with Crippen molar-refractivity contribution in [1.82, 2.24) is 15.2 Å². The highest BCUT2D eigenvalue weighted by Gasteiger charge is 2.19. The second-order valence-corrected chi connectivity index (χ2v) is 8.24. The Morgan fingerprint density at radius 1 is 1.11 bits per heavy atom. The fourth-order valence-corrected chi connectivity index (χ4v) is 3.23. The van der Waals surface area contributed by atoms with Gasteiger partial charge in [-0.2, -0.15) is 0 Å². The molecule has 28 heavy (non-hydrogen) atoms. The Kier molecular flexibility index (Phi) is 6.47. The van der Waals surface area contributed by atoms with Crippen LogP contribution >= 0.6 is 0 Å². The number of nitrogens with one attached hydrogen (secondary N) is 1. The number of carbonyl (C=O) groups is 1. The van der Waals surface area contributed by atoms with E-state index in [-0.39, 0.29) is 11.4 Å². The summed E-state index contributed by atoms with van der Waals surface area (Å²) in [6, 6.07) is 12.3. The summed E-state index contributed by atoms with van der Waals surface area (Å²) in [6.07, 6.45) is 7.88. The van der Waals surface area contributed by atoms with Crippen LogP contribution in [0.25, 0.3) is 6.08 Å². The molecule has 1 amide bonds. The zero-order chi connectivity index (χ0) is 20.0. The molecule has 0 unspecified atom stereocenters. The van der Waals surface area contributed by atoms with Gasteiger partial charge in [-0.3, -0.25) is 14.7 Å². The molecule has 1 aliphatic heterocycles. The van der Waals surface area contributed by atoms with Gasteiger partial charge in [0.05, 0.1) is 17.4 Å². The van der Waals surface area contributed by atoms with Crippen LogP contribution in [0.2, 0.25) is 0 Å². The third kappa shape index (κ3) is 5.92. The largest absolute Gasteiger partial charge is 0.368 e. The van der Waals surface area contributed by atoms with Crippen LogP contribution in [-0.2, 0) is 0 Å². The van der Waals surface area contributed by atoms with Gasteiger partial charge in [-0.1, -0.05) is 42.5 Å². The third-order valence-electron chi connectivity index (χ3n) is 4.69. The van der Waals surface area contributed by atoms with Crippen LogP contribution in [0.3, 0.4) is 0 Å². The molecule has 1 saturated heterocycles. The number of aromatic nitrogens is 1. The van der Waals surface area contributed by atoms with E-state index < -0.39 is 0 Å². The molecule has 1 aromatic carbocycles. The minimum Gasteiger partial charge on any atom is -0.368 e. The summed E-state index contributed by atoms with van der Waals surface area (Å²) in [6.45, 7) is 10.8. The minimum absolute atomic E-state index is 0.0773. The minimum atomic E-state index is -0.258. The van der Waals surface area contributed by atoms with E-state index in [0.29, 0.717) is 5.56 Å². The van der Waals surface area contributed by atoms with Crippen LogP contribution in [0, 0.1) is 0 Å². The summed E-state index contributed by atoms with van der Waals surface area (Å²) in [5.74, 6) is -0.0773. The average molecular weight is 379 g/mol. The fourth-order valence-electron chi connectivity index (χ4n) is 3.23. The molecule has 0 atom stereocenters. The van der Waals surface area contributed by atoms with Gasteiger partial charge >= 0.3 is 0 Å². The van der Waals surface area contributed by atoms with Crippen LogP contribution in [0.5, 0.6) is 0 Å². The third-order valence-corrected chi connectivity index (χ3v) is 4.69. The number of amides is 1. The molecule has 148 valence electrons. The molecule has 5 nitrogen and oxygen atoms in total. The highest BCUT2D eigenvalue weighted by atomic mass is 16.1. The lowest BCUT2D eigenvalue weighted by Gasteiger charge is -2.35. The van der Waals surface area contributed by atoms with E-state index in [0.717, 1.165) is 38.4 Å². The molecule has 1 aliphatic rings. The van der Waals surface area contributed by atoms with Crippen molar-refractivity contribution in [1.29, 1.82) is 0 Å². The normalized spacial score (nSPS) is 15.8. The van der Waals surface area contributed by atoms with Crippen LogP contribution in [-0.4, -0.2) is 54.1 Å². The van der Waals surface area contributed by atoms with E-state index >= 15 is 0 Å². The standard InChI is InChI=1S/C23H30N4O/c1-23(2,3)25-22(28)20-16-21(18-24-17-20)27-14-12-26(13-15-27)11-7-10-19-8-5-4-6-9-19/h4-10,16-18H,11-15H2,1-3H3,(H,25,28)/b10-7+. The molecule has 1 fully saturated rings. The van der Waals surface area contributed by atoms with Crippen LogP contribution < -0.4 is 10.2 Å². The van der Waals surface area contributed by atoms with Crippen LogP contribution in [0.15, 0.2) is 54.9 Å². The Labute approximate surface area is 168 Å². The summed E-state index contributed by atoms with van der Waals surface area (Å²) in [5, 5.41) is 3.00. The van der Waals surface area contributed by atoms with Gasteiger partial charge in [-0.25, -0.2) is 0 Å². The first-order valence-corrected chi connectivity index (χ1v) is 9.87. The van der Waals surface area contributed by atoms with Crippen molar-refractivity contribution < 1.29 is 4.79 Å². The van der Waals surface area contributed by atoms with Crippen molar-refractivity contribution in [3.05, 3.63) is 66.0 Å². The molecule has 5 heteroatoms. The molecule has 1 aromatic heterocycles. The molecule has 0 saturated carbocycles. The van der Waals surface area contributed by atoms with Gasteiger partial charge in [0, 0.05) is 44.5 Å². The Balaban J connectivity index is 1.53. The van der Waals surface area contributed by atoms with E-state index in [2.05, 4.69) is 56.5 Å². The topological polar surface area (TPSA) is 48.5 Å². The summed E-state index contributed by atoms with van der Waals surface area (Å²) in [7, 11) is 0. The highest BCUT2D eigenvalue weighted by Crippen LogP contribution is 2.17. The lowest BCUT2D eigenvalue weighted by molar-refractivity contribution is 0.0919. The van der Waals surface area contributed by atoms with E-state index in [9.17, 15) is 4.79 Å². The molecular formula is C23H30N4O. The second-order valence-electron chi connectivity index (χ2n) is 8.24. The molecule has 3 rings (SSSR count). The molecular weight excluding hydrogens is 348 g/mol. The van der Waals surface area contributed by atoms with E-state index in [4.69, 9.17) is 0 Å². The van der Waals surface area contributed by atoms with Gasteiger partial charge in [-0.05, 0) is 32.4 Å². The van der Waals surface area contributed by atoms with Crippen molar-refractivity contribution in [2.24, 2.45) is 0 Å². The number of anilines is 1.